The molecule has 0 aliphatic carbocycles. The largest absolute Gasteiger partial charge is 0.383 e. The zero-order valence-corrected chi connectivity index (χ0v) is 18.1. The molecule has 1 heterocycles. The van der Waals surface area contributed by atoms with Crippen LogP contribution in [0, 0.1) is 13.8 Å². The van der Waals surface area contributed by atoms with Gasteiger partial charge in [-0.05, 0) is 40.2 Å². The van der Waals surface area contributed by atoms with E-state index in [1.54, 1.807) is 7.11 Å². The van der Waals surface area contributed by atoms with Crippen LogP contribution >= 0.6 is 11.8 Å². The Morgan fingerprint density at radius 1 is 1.22 bits per heavy atom. The summed E-state index contributed by atoms with van der Waals surface area (Å²) in [4.78, 5) is 19.6. The number of thioether (sulfide) groups is 1. The second kappa shape index (κ2) is 9.42. The summed E-state index contributed by atoms with van der Waals surface area (Å²) in [5.74, 6) is 0.487. The number of hydrogen-bond acceptors (Lipinski definition) is 4. The SMILES string of the molecule is COCCn1c(SCC(=O)N(Cc2ccccc2)C(C)(C)C)nc(C)c1C. The van der Waals surface area contributed by atoms with Crippen LogP contribution in [0.2, 0.25) is 0 Å². The Bertz CT molecular complexity index is 751. The number of ether oxygens (including phenoxy) is 1. The molecule has 0 aliphatic heterocycles. The molecule has 1 aromatic heterocycles. The van der Waals surface area contributed by atoms with Crippen LogP contribution < -0.4 is 0 Å². The number of aromatic nitrogens is 2. The summed E-state index contributed by atoms with van der Waals surface area (Å²) in [5.41, 5.74) is 3.01. The summed E-state index contributed by atoms with van der Waals surface area (Å²) in [6, 6.07) is 10.1. The van der Waals surface area contributed by atoms with Crippen LogP contribution in [0.1, 0.15) is 37.7 Å². The lowest BCUT2D eigenvalue weighted by Crippen LogP contribution is -2.45. The fraction of sp³-hybridized carbons (Fsp3) is 0.524. The van der Waals surface area contributed by atoms with Crippen molar-refractivity contribution in [1.82, 2.24) is 14.5 Å². The van der Waals surface area contributed by atoms with Gasteiger partial charge < -0.3 is 14.2 Å². The van der Waals surface area contributed by atoms with Crippen molar-refractivity contribution in [2.75, 3.05) is 19.5 Å². The van der Waals surface area contributed by atoms with Gasteiger partial charge in [-0.25, -0.2) is 4.98 Å². The molecule has 27 heavy (non-hydrogen) atoms. The van der Waals surface area contributed by atoms with Gasteiger partial charge in [-0.15, -0.1) is 0 Å². The minimum atomic E-state index is -0.245. The van der Waals surface area contributed by atoms with Crippen molar-refractivity contribution in [3.05, 3.63) is 47.3 Å². The molecule has 2 rings (SSSR count). The van der Waals surface area contributed by atoms with Gasteiger partial charge in [0.2, 0.25) is 5.91 Å². The summed E-state index contributed by atoms with van der Waals surface area (Å²) in [6.45, 7) is 12.3. The molecule has 0 fully saturated rings. The lowest BCUT2D eigenvalue weighted by atomic mass is 10.0. The third-order valence-electron chi connectivity index (χ3n) is 4.56. The number of rotatable bonds is 8. The number of nitrogens with zero attached hydrogens (tertiary/aromatic N) is 3. The quantitative estimate of drug-likeness (QED) is 0.639. The first-order valence-electron chi connectivity index (χ1n) is 9.24. The van der Waals surface area contributed by atoms with E-state index in [9.17, 15) is 4.79 Å². The van der Waals surface area contributed by atoms with Gasteiger partial charge in [-0.1, -0.05) is 42.1 Å². The van der Waals surface area contributed by atoms with Gasteiger partial charge in [-0.2, -0.15) is 0 Å². The molecule has 0 aliphatic rings. The number of benzene rings is 1. The molecule has 5 nitrogen and oxygen atoms in total. The maximum absolute atomic E-state index is 13.0. The van der Waals surface area contributed by atoms with E-state index in [0.717, 1.165) is 28.7 Å². The number of aryl methyl sites for hydroxylation is 1. The molecule has 0 bridgehead atoms. The highest BCUT2D eigenvalue weighted by Gasteiger charge is 2.27. The molecule has 1 amide bonds. The average molecular weight is 390 g/mol. The van der Waals surface area contributed by atoms with Crippen LogP contribution in [0.5, 0.6) is 0 Å². The third kappa shape index (κ3) is 5.84. The number of methoxy groups -OCH3 is 1. The molecule has 148 valence electrons. The molecule has 0 spiro atoms. The first-order valence-corrected chi connectivity index (χ1v) is 10.2. The zero-order valence-electron chi connectivity index (χ0n) is 17.3. The van der Waals surface area contributed by atoms with Crippen molar-refractivity contribution in [2.24, 2.45) is 0 Å². The molecule has 0 saturated carbocycles. The molecule has 1 aromatic carbocycles. The Balaban J connectivity index is 2.11. The minimum absolute atomic E-state index is 0.118. The van der Waals surface area contributed by atoms with Crippen LogP contribution in [0.4, 0.5) is 0 Å². The summed E-state index contributed by atoms with van der Waals surface area (Å²) in [6.07, 6.45) is 0. The van der Waals surface area contributed by atoms with Gasteiger partial charge in [0, 0.05) is 31.4 Å². The number of amides is 1. The van der Waals surface area contributed by atoms with E-state index < -0.39 is 0 Å². The summed E-state index contributed by atoms with van der Waals surface area (Å²) in [5, 5.41) is 0.879. The van der Waals surface area contributed by atoms with E-state index in [1.165, 1.54) is 11.8 Å². The smallest absolute Gasteiger partial charge is 0.233 e. The predicted octanol–water partition coefficient (Wildman–Crippen LogP) is 4.07. The van der Waals surface area contributed by atoms with E-state index in [4.69, 9.17) is 4.74 Å². The average Bonchev–Trinajstić information content (AvgIpc) is 2.89. The molecule has 0 unspecified atom stereocenters. The maximum atomic E-state index is 13.0. The Kier molecular flexibility index (Phi) is 7.50. The lowest BCUT2D eigenvalue weighted by molar-refractivity contribution is -0.133. The van der Waals surface area contributed by atoms with Gasteiger partial charge in [0.1, 0.15) is 0 Å². The number of hydrogen-bond donors (Lipinski definition) is 0. The van der Waals surface area contributed by atoms with Crippen LogP contribution in [0.3, 0.4) is 0 Å². The fourth-order valence-electron chi connectivity index (χ4n) is 2.85. The van der Waals surface area contributed by atoms with E-state index >= 15 is 0 Å². The standard InChI is InChI=1S/C21H31N3O2S/c1-16-17(2)23(12-13-26-6)20(22-16)27-15-19(25)24(21(3,4)5)14-18-10-8-7-9-11-18/h7-11H,12-15H2,1-6H3. The molecule has 0 saturated heterocycles. The number of imidazole rings is 1. The third-order valence-corrected chi connectivity index (χ3v) is 5.52. The monoisotopic (exact) mass is 389 g/mol. The van der Waals surface area contributed by atoms with E-state index in [2.05, 4.69) is 49.4 Å². The van der Waals surface area contributed by atoms with Crippen molar-refractivity contribution >= 4 is 17.7 Å². The summed E-state index contributed by atoms with van der Waals surface area (Å²) in [7, 11) is 1.69. The second-order valence-corrected chi connectivity index (χ2v) is 8.58. The zero-order chi connectivity index (χ0) is 20.0. The number of carbonyl (C=O) groups excluding carboxylic acids is 1. The Morgan fingerprint density at radius 2 is 1.89 bits per heavy atom. The number of carbonyl (C=O) groups is 1. The van der Waals surface area contributed by atoms with Gasteiger partial charge in [0.25, 0.3) is 0 Å². The van der Waals surface area contributed by atoms with Crippen molar-refractivity contribution in [3.63, 3.8) is 0 Å². The molecule has 0 radical (unpaired) electrons. The molecule has 6 heteroatoms. The normalized spacial score (nSPS) is 11.6. The predicted molar refractivity (Wildman–Crippen MR) is 111 cm³/mol. The van der Waals surface area contributed by atoms with E-state index in [0.29, 0.717) is 18.9 Å². The van der Waals surface area contributed by atoms with Crippen molar-refractivity contribution in [3.8, 4) is 0 Å². The van der Waals surface area contributed by atoms with Gasteiger partial charge in [0.15, 0.2) is 5.16 Å². The fourth-order valence-corrected chi connectivity index (χ4v) is 3.84. The molecular weight excluding hydrogens is 358 g/mol. The Morgan fingerprint density at radius 3 is 2.48 bits per heavy atom. The van der Waals surface area contributed by atoms with Crippen molar-refractivity contribution < 1.29 is 9.53 Å². The van der Waals surface area contributed by atoms with Gasteiger partial charge >= 0.3 is 0 Å². The second-order valence-electron chi connectivity index (χ2n) is 7.63. The van der Waals surface area contributed by atoms with Gasteiger partial charge in [0.05, 0.1) is 18.1 Å². The Labute approximate surface area is 167 Å². The Hall–Kier alpha value is -1.79. The van der Waals surface area contributed by atoms with Crippen LogP contribution in [0.25, 0.3) is 0 Å². The van der Waals surface area contributed by atoms with E-state index in [-0.39, 0.29) is 11.4 Å². The van der Waals surface area contributed by atoms with Crippen molar-refractivity contribution in [1.29, 1.82) is 0 Å². The molecule has 0 atom stereocenters. The van der Waals surface area contributed by atoms with E-state index in [1.807, 2.05) is 30.0 Å². The molecular formula is C21H31N3O2S. The van der Waals surface area contributed by atoms with Crippen LogP contribution in [-0.2, 0) is 22.6 Å². The summed E-state index contributed by atoms with van der Waals surface area (Å²) >= 11 is 1.50. The molecule has 2 aromatic rings. The van der Waals surface area contributed by atoms with Gasteiger partial charge in [-0.3, -0.25) is 4.79 Å². The highest BCUT2D eigenvalue weighted by Crippen LogP contribution is 2.24. The van der Waals surface area contributed by atoms with Crippen LogP contribution in [0.15, 0.2) is 35.5 Å². The lowest BCUT2D eigenvalue weighted by Gasteiger charge is -2.36. The first kappa shape index (κ1) is 21.5. The topological polar surface area (TPSA) is 47.4 Å². The van der Waals surface area contributed by atoms with Crippen LogP contribution in [-0.4, -0.2) is 45.4 Å². The summed E-state index contributed by atoms with van der Waals surface area (Å²) < 4.78 is 7.34. The minimum Gasteiger partial charge on any atom is -0.383 e. The first-order chi connectivity index (χ1) is 12.7. The molecule has 0 N–H and O–H groups in total. The maximum Gasteiger partial charge on any atom is 0.233 e. The van der Waals surface area contributed by atoms with Crippen molar-refractivity contribution in [2.45, 2.75) is 58.4 Å². The highest BCUT2D eigenvalue weighted by atomic mass is 32.2. The highest BCUT2D eigenvalue weighted by molar-refractivity contribution is 7.99.